The van der Waals surface area contributed by atoms with Crippen molar-refractivity contribution in [1.82, 2.24) is 15.0 Å². The number of alkyl halides is 1. The molecule has 0 aliphatic rings. The molecule has 1 heterocycles. The fourth-order valence-electron chi connectivity index (χ4n) is 1.22. The van der Waals surface area contributed by atoms with Crippen LogP contribution < -0.4 is 0 Å². The third-order valence-electron chi connectivity index (χ3n) is 2.04. The van der Waals surface area contributed by atoms with E-state index >= 15 is 0 Å². The van der Waals surface area contributed by atoms with E-state index in [1.807, 2.05) is 10.9 Å². The Morgan fingerprint density at radius 1 is 1.38 bits per heavy atom. The molecule has 92 valence electrons. The molecule has 0 aliphatic carbocycles. The number of aryl methyl sites for hydroxylation is 1. The van der Waals surface area contributed by atoms with E-state index in [9.17, 15) is 0 Å². The van der Waals surface area contributed by atoms with Gasteiger partial charge in [-0.25, -0.2) is 4.68 Å². The van der Waals surface area contributed by atoms with E-state index in [4.69, 9.17) is 9.47 Å². The quantitative estimate of drug-likeness (QED) is 0.508. The number of ether oxygens (including phenoxy) is 2. The molecule has 0 N–H and O–H groups in total. The lowest BCUT2D eigenvalue weighted by Gasteiger charge is -2.03. The number of halogens is 1. The Bertz CT molecular complexity index is 281. The molecule has 0 radical (unpaired) electrons. The second-order valence-corrected chi connectivity index (χ2v) is 4.16. The van der Waals surface area contributed by atoms with Crippen molar-refractivity contribution in [3.05, 3.63) is 11.9 Å². The van der Waals surface area contributed by atoms with Crippen molar-refractivity contribution in [2.75, 3.05) is 32.3 Å². The molecule has 6 heteroatoms. The SMILES string of the molecule is COCCCOCCn1cc(CCBr)nn1. The van der Waals surface area contributed by atoms with Gasteiger partial charge in [0.05, 0.1) is 18.8 Å². The highest BCUT2D eigenvalue weighted by Crippen LogP contribution is 1.97. The first-order valence-electron chi connectivity index (χ1n) is 5.38. The molecule has 0 spiro atoms. The molecule has 0 unspecified atom stereocenters. The first-order valence-corrected chi connectivity index (χ1v) is 6.50. The monoisotopic (exact) mass is 291 g/mol. The van der Waals surface area contributed by atoms with Crippen LogP contribution in [-0.2, 0) is 22.4 Å². The number of nitrogens with zero attached hydrogens (tertiary/aromatic N) is 3. The van der Waals surface area contributed by atoms with Crippen LogP contribution in [-0.4, -0.2) is 47.3 Å². The van der Waals surface area contributed by atoms with E-state index < -0.39 is 0 Å². The third kappa shape index (κ3) is 5.58. The fraction of sp³-hybridized carbons (Fsp3) is 0.800. The molecule has 0 saturated carbocycles. The zero-order valence-electron chi connectivity index (χ0n) is 9.56. The van der Waals surface area contributed by atoms with Gasteiger partial charge in [-0.2, -0.15) is 0 Å². The van der Waals surface area contributed by atoms with Crippen molar-refractivity contribution in [3.63, 3.8) is 0 Å². The van der Waals surface area contributed by atoms with Gasteiger partial charge in [-0.15, -0.1) is 5.10 Å². The summed E-state index contributed by atoms with van der Waals surface area (Å²) in [6, 6.07) is 0. The molecule has 5 nitrogen and oxygen atoms in total. The van der Waals surface area contributed by atoms with Crippen molar-refractivity contribution in [2.45, 2.75) is 19.4 Å². The highest BCUT2D eigenvalue weighted by molar-refractivity contribution is 9.09. The minimum Gasteiger partial charge on any atom is -0.385 e. The zero-order chi connectivity index (χ0) is 11.6. The molecular formula is C10H18BrN3O2. The highest BCUT2D eigenvalue weighted by atomic mass is 79.9. The summed E-state index contributed by atoms with van der Waals surface area (Å²) in [5.74, 6) is 0. The number of aromatic nitrogens is 3. The highest BCUT2D eigenvalue weighted by Gasteiger charge is 1.99. The van der Waals surface area contributed by atoms with Crippen LogP contribution in [0.4, 0.5) is 0 Å². The first-order chi connectivity index (χ1) is 7.86. The third-order valence-corrected chi connectivity index (χ3v) is 2.44. The van der Waals surface area contributed by atoms with Gasteiger partial charge >= 0.3 is 0 Å². The molecular weight excluding hydrogens is 274 g/mol. The summed E-state index contributed by atoms with van der Waals surface area (Å²) in [5.41, 5.74) is 1.01. The molecule has 0 aliphatic heterocycles. The number of hydrogen-bond donors (Lipinski definition) is 0. The standard InChI is InChI=1S/C10H18BrN3O2/c1-15-6-2-7-16-8-5-14-9-10(3-4-11)12-13-14/h9H,2-8H2,1H3. The Morgan fingerprint density at radius 2 is 2.25 bits per heavy atom. The van der Waals surface area contributed by atoms with E-state index in [1.54, 1.807) is 7.11 Å². The van der Waals surface area contributed by atoms with E-state index in [2.05, 4.69) is 26.2 Å². The Morgan fingerprint density at radius 3 is 3.00 bits per heavy atom. The van der Waals surface area contributed by atoms with Gasteiger partial charge in [0.15, 0.2) is 0 Å². The van der Waals surface area contributed by atoms with Crippen LogP contribution >= 0.6 is 15.9 Å². The van der Waals surface area contributed by atoms with E-state index in [1.165, 1.54) is 0 Å². The lowest BCUT2D eigenvalue weighted by molar-refractivity contribution is 0.0958. The van der Waals surface area contributed by atoms with Crippen molar-refractivity contribution >= 4 is 15.9 Å². The molecule has 1 rings (SSSR count). The second kappa shape index (κ2) is 8.66. The summed E-state index contributed by atoms with van der Waals surface area (Å²) in [5, 5.41) is 8.97. The first kappa shape index (κ1) is 13.6. The smallest absolute Gasteiger partial charge is 0.0835 e. The molecule has 0 saturated heterocycles. The minimum atomic E-state index is 0.667. The van der Waals surface area contributed by atoms with Gasteiger partial charge in [0.1, 0.15) is 0 Å². The maximum absolute atomic E-state index is 5.43. The van der Waals surface area contributed by atoms with Crippen molar-refractivity contribution < 1.29 is 9.47 Å². The van der Waals surface area contributed by atoms with Gasteiger partial charge in [-0.1, -0.05) is 21.1 Å². The van der Waals surface area contributed by atoms with Crippen molar-refractivity contribution in [3.8, 4) is 0 Å². The number of hydrogen-bond acceptors (Lipinski definition) is 4. The molecule has 0 aromatic carbocycles. The van der Waals surface area contributed by atoms with Gasteiger partial charge in [0.25, 0.3) is 0 Å². The average molecular weight is 292 g/mol. The zero-order valence-corrected chi connectivity index (χ0v) is 11.1. The Labute approximate surface area is 104 Å². The molecule has 0 amide bonds. The molecule has 0 atom stereocenters. The summed E-state index contributed by atoms with van der Waals surface area (Å²) in [6.07, 6.45) is 3.80. The molecule has 0 bridgehead atoms. The van der Waals surface area contributed by atoms with Gasteiger partial charge in [0, 0.05) is 38.3 Å². The average Bonchev–Trinajstić information content (AvgIpc) is 2.72. The van der Waals surface area contributed by atoms with Crippen LogP contribution in [0.5, 0.6) is 0 Å². The van der Waals surface area contributed by atoms with Crippen LogP contribution in [0.2, 0.25) is 0 Å². The summed E-state index contributed by atoms with van der Waals surface area (Å²) < 4.78 is 12.2. The Balaban J connectivity index is 2.07. The van der Waals surface area contributed by atoms with E-state index in [-0.39, 0.29) is 0 Å². The molecule has 16 heavy (non-hydrogen) atoms. The fourth-order valence-corrected chi connectivity index (χ4v) is 1.63. The lowest BCUT2D eigenvalue weighted by atomic mass is 10.4. The predicted molar refractivity (Wildman–Crippen MR) is 64.8 cm³/mol. The van der Waals surface area contributed by atoms with Crippen molar-refractivity contribution in [2.24, 2.45) is 0 Å². The maximum atomic E-state index is 5.43. The minimum absolute atomic E-state index is 0.667. The maximum Gasteiger partial charge on any atom is 0.0835 e. The van der Waals surface area contributed by atoms with Crippen LogP contribution in [0.15, 0.2) is 6.20 Å². The topological polar surface area (TPSA) is 49.2 Å². The summed E-state index contributed by atoms with van der Waals surface area (Å²) in [6.45, 7) is 2.90. The summed E-state index contributed by atoms with van der Waals surface area (Å²) in [7, 11) is 1.70. The van der Waals surface area contributed by atoms with Crippen LogP contribution in [0.3, 0.4) is 0 Å². The van der Waals surface area contributed by atoms with Gasteiger partial charge in [0.2, 0.25) is 0 Å². The van der Waals surface area contributed by atoms with E-state index in [0.717, 1.165) is 43.6 Å². The van der Waals surface area contributed by atoms with Gasteiger partial charge in [-0.05, 0) is 6.42 Å². The molecule has 0 fully saturated rings. The lowest BCUT2D eigenvalue weighted by Crippen LogP contribution is -2.08. The second-order valence-electron chi connectivity index (χ2n) is 3.37. The number of methoxy groups -OCH3 is 1. The van der Waals surface area contributed by atoms with Crippen LogP contribution in [0.25, 0.3) is 0 Å². The van der Waals surface area contributed by atoms with Gasteiger partial charge < -0.3 is 9.47 Å². The van der Waals surface area contributed by atoms with Gasteiger partial charge in [-0.3, -0.25) is 0 Å². The molecule has 1 aromatic heterocycles. The van der Waals surface area contributed by atoms with E-state index in [0.29, 0.717) is 6.61 Å². The van der Waals surface area contributed by atoms with Crippen molar-refractivity contribution in [1.29, 1.82) is 0 Å². The summed E-state index contributed by atoms with van der Waals surface area (Å²) >= 11 is 3.37. The Hall–Kier alpha value is -0.460. The van der Waals surface area contributed by atoms with Crippen LogP contribution in [0.1, 0.15) is 12.1 Å². The largest absolute Gasteiger partial charge is 0.385 e. The predicted octanol–water partition coefficient (Wildman–Crippen LogP) is 1.27. The Kier molecular flexibility index (Phi) is 7.37. The number of rotatable bonds is 9. The van der Waals surface area contributed by atoms with Crippen LogP contribution in [0, 0.1) is 0 Å². The normalized spacial score (nSPS) is 10.9. The molecule has 1 aromatic rings. The summed E-state index contributed by atoms with van der Waals surface area (Å²) in [4.78, 5) is 0.